The van der Waals surface area contributed by atoms with Gasteiger partial charge in [-0.25, -0.2) is 27.2 Å². The van der Waals surface area contributed by atoms with Crippen molar-refractivity contribution in [3.63, 3.8) is 0 Å². The summed E-state index contributed by atoms with van der Waals surface area (Å²) < 4.78 is 69.5. The normalized spacial score (nSPS) is 11.3. The van der Waals surface area contributed by atoms with Crippen molar-refractivity contribution in [2.75, 3.05) is 18.7 Å². The molecule has 0 saturated carbocycles. The second kappa shape index (κ2) is 8.08. The molecule has 0 amide bonds. The number of hydrogen-bond acceptors (Lipinski definition) is 6. The monoisotopic (exact) mass is 423 g/mol. The van der Waals surface area contributed by atoms with E-state index in [2.05, 4.69) is 15.3 Å². The van der Waals surface area contributed by atoms with Crippen molar-refractivity contribution < 1.29 is 26.3 Å². The number of methoxy groups -OCH3 is 1. The molecule has 29 heavy (non-hydrogen) atoms. The summed E-state index contributed by atoms with van der Waals surface area (Å²) in [7, 11) is -2.05. The van der Waals surface area contributed by atoms with Crippen LogP contribution in [0.15, 0.2) is 42.6 Å². The van der Waals surface area contributed by atoms with Gasteiger partial charge >= 0.3 is 0 Å². The SMILES string of the molecule is COc1cc(F)ccc1-c1cc(Nc2cc(CS(C)(=O)=O)cc(F)n2)ncc1F. The zero-order valence-corrected chi connectivity index (χ0v) is 16.2. The standard InChI is InChI=1S/C19H16F3N3O3S/c1-28-16-7-12(20)3-4-13(16)14-8-18(23-9-15(14)21)25-19-6-11(5-17(22)24-19)10-29(2,26)27/h3-9H,10H2,1-2H3,(H,23,24,25). The third-order valence-corrected chi connectivity index (χ3v) is 4.71. The highest BCUT2D eigenvalue weighted by Gasteiger charge is 2.14. The van der Waals surface area contributed by atoms with Gasteiger partial charge in [0.1, 0.15) is 29.0 Å². The molecular formula is C19H16F3N3O3S. The molecule has 1 aromatic carbocycles. The molecule has 6 nitrogen and oxygen atoms in total. The zero-order valence-electron chi connectivity index (χ0n) is 15.4. The first-order chi connectivity index (χ1) is 13.6. The van der Waals surface area contributed by atoms with E-state index in [0.717, 1.165) is 30.7 Å². The maximum atomic E-state index is 14.3. The molecule has 0 radical (unpaired) electrons. The minimum Gasteiger partial charge on any atom is -0.496 e. The van der Waals surface area contributed by atoms with Crippen molar-refractivity contribution in [2.45, 2.75) is 5.75 Å². The maximum Gasteiger partial charge on any atom is 0.215 e. The van der Waals surface area contributed by atoms with Gasteiger partial charge in [0.2, 0.25) is 5.95 Å². The predicted molar refractivity (Wildman–Crippen MR) is 102 cm³/mol. The number of pyridine rings is 2. The number of aromatic nitrogens is 2. The first kappa shape index (κ1) is 20.6. The minimum atomic E-state index is -3.38. The molecule has 0 fully saturated rings. The van der Waals surface area contributed by atoms with Crippen LogP contribution in [0.5, 0.6) is 5.75 Å². The Labute approximate surface area is 165 Å². The molecule has 0 aliphatic rings. The van der Waals surface area contributed by atoms with Crippen LogP contribution in [0.2, 0.25) is 0 Å². The smallest absolute Gasteiger partial charge is 0.215 e. The van der Waals surface area contributed by atoms with Gasteiger partial charge in [-0.1, -0.05) is 0 Å². The van der Waals surface area contributed by atoms with Crippen molar-refractivity contribution in [3.8, 4) is 16.9 Å². The van der Waals surface area contributed by atoms with E-state index in [9.17, 15) is 21.6 Å². The Kier molecular flexibility index (Phi) is 5.73. The van der Waals surface area contributed by atoms with Crippen LogP contribution in [0, 0.1) is 17.6 Å². The number of benzene rings is 1. The summed E-state index contributed by atoms with van der Waals surface area (Å²) in [5, 5.41) is 2.72. The molecule has 0 saturated heterocycles. The molecule has 0 unspecified atom stereocenters. The summed E-state index contributed by atoms with van der Waals surface area (Å²) in [6, 6.07) is 7.34. The van der Waals surface area contributed by atoms with Crippen LogP contribution in [0.3, 0.4) is 0 Å². The Bertz CT molecular complexity index is 1170. The predicted octanol–water partition coefficient (Wildman–Crippen LogP) is 3.86. The molecule has 0 aliphatic heterocycles. The van der Waals surface area contributed by atoms with Gasteiger partial charge in [-0.05, 0) is 35.9 Å². The van der Waals surface area contributed by atoms with Crippen molar-refractivity contribution in [1.82, 2.24) is 9.97 Å². The van der Waals surface area contributed by atoms with Gasteiger partial charge in [0, 0.05) is 23.4 Å². The Morgan fingerprint density at radius 1 is 1.03 bits per heavy atom. The summed E-state index contributed by atoms with van der Waals surface area (Å²) in [5.74, 6) is -2.21. The molecule has 1 N–H and O–H groups in total. The molecule has 152 valence electrons. The van der Waals surface area contributed by atoms with Crippen molar-refractivity contribution in [1.29, 1.82) is 0 Å². The molecule has 2 aromatic heterocycles. The van der Waals surface area contributed by atoms with E-state index in [1.54, 1.807) is 0 Å². The lowest BCUT2D eigenvalue weighted by atomic mass is 10.0. The van der Waals surface area contributed by atoms with Crippen molar-refractivity contribution in [3.05, 3.63) is 65.7 Å². The number of hydrogen-bond donors (Lipinski definition) is 1. The molecule has 3 rings (SSSR count). The zero-order chi connectivity index (χ0) is 21.2. The van der Waals surface area contributed by atoms with E-state index in [4.69, 9.17) is 4.74 Å². The number of nitrogens with one attached hydrogen (secondary N) is 1. The van der Waals surface area contributed by atoms with E-state index < -0.39 is 27.4 Å². The second-order valence-electron chi connectivity index (χ2n) is 6.27. The molecule has 0 bridgehead atoms. The molecule has 0 atom stereocenters. The fourth-order valence-corrected chi connectivity index (χ4v) is 3.50. The number of ether oxygens (including phenoxy) is 1. The third-order valence-electron chi connectivity index (χ3n) is 3.85. The van der Waals surface area contributed by atoms with E-state index in [0.29, 0.717) is 5.56 Å². The minimum absolute atomic E-state index is 0.000204. The van der Waals surface area contributed by atoms with Gasteiger partial charge in [0.15, 0.2) is 9.84 Å². The largest absolute Gasteiger partial charge is 0.496 e. The average molecular weight is 423 g/mol. The number of rotatable bonds is 6. The van der Waals surface area contributed by atoms with E-state index in [-0.39, 0.29) is 34.3 Å². The van der Waals surface area contributed by atoms with Crippen LogP contribution in [0.4, 0.5) is 24.8 Å². The Hall–Kier alpha value is -3.14. The van der Waals surface area contributed by atoms with E-state index >= 15 is 0 Å². The second-order valence-corrected chi connectivity index (χ2v) is 8.41. The summed E-state index contributed by atoms with van der Waals surface area (Å²) in [6.45, 7) is 0. The number of nitrogens with zero attached hydrogens (tertiary/aromatic N) is 2. The van der Waals surface area contributed by atoms with E-state index in [1.807, 2.05) is 0 Å². The van der Waals surface area contributed by atoms with Gasteiger partial charge < -0.3 is 10.1 Å². The molecule has 0 aliphatic carbocycles. The summed E-state index contributed by atoms with van der Waals surface area (Å²) in [4.78, 5) is 7.53. The molecule has 3 aromatic rings. The first-order valence-corrected chi connectivity index (χ1v) is 10.3. The summed E-state index contributed by atoms with van der Waals surface area (Å²) >= 11 is 0. The molecule has 0 spiro atoms. The topological polar surface area (TPSA) is 81.2 Å². The lowest BCUT2D eigenvalue weighted by molar-refractivity contribution is 0.412. The molecular weight excluding hydrogens is 407 g/mol. The van der Waals surface area contributed by atoms with Crippen LogP contribution in [0.25, 0.3) is 11.1 Å². The molecule has 2 heterocycles. The lowest BCUT2D eigenvalue weighted by Gasteiger charge is -2.12. The van der Waals surface area contributed by atoms with Gasteiger partial charge in [-0.3, -0.25) is 0 Å². The van der Waals surface area contributed by atoms with Crippen molar-refractivity contribution in [2.24, 2.45) is 0 Å². The van der Waals surface area contributed by atoms with E-state index in [1.165, 1.54) is 25.3 Å². The van der Waals surface area contributed by atoms with Gasteiger partial charge in [-0.2, -0.15) is 4.39 Å². The number of anilines is 2. The van der Waals surface area contributed by atoms with Gasteiger partial charge in [0.05, 0.1) is 19.1 Å². The van der Waals surface area contributed by atoms with Crippen LogP contribution >= 0.6 is 0 Å². The lowest BCUT2D eigenvalue weighted by Crippen LogP contribution is -2.04. The number of halogens is 3. The van der Waals surface area contributed by atoms with Gasteiger partial charge in [-0.15, -0.1) is 0 Å². The fourth-order valence-electron chi connectivity index (χ4n) is 2.73. The average Bonchev–Trinajstić information content (AvgIpc) is 2.61. The summed E-state index contributed by atoms with van der Waals surface area (Å²) in [5.41, 5.74) is 0.568. The Morgan fingerprint density at radius 3 is 2.48 bits per heavy atom. The third kappa shape index (κ3) is 5.23. The maximum absolute atomic E-state index is 14.3. The van der Waals surface area contributed by atoms with Crippen molar-refractivity contribution >= 4 is 21.5 Å². The van der Waals surface area contributed by atoms with Crippen LogP contribution in [0.1, 0.15) is 5.56 Å². The number of sulfone groups is 1. The quantitative estimate of drug-likeness (QED) is 0.607. The van der Waals surface area contributed by atoms with Crippen LogP contribution < -0.4 is 10.1 Å². The van der Waals surface area contributed by atoms with Gasteiger partial charge in [0.25, 0.3) is 0 Å². The highest BCUT2D eigenvalue weighted by molar-refractivity contribution is 7.89. The highest BCUT2D eigenvalue weighted by Crippen LogP contribution is 2.33. The fraction of sp³-hybridized carbons (Fsp3) is 0.158. The highest BCUT2D eigenvalue weighted by atomic mass is 32.2. The first-order valence-electron chi connectivity index (χ1n) is 8.25. The Morgan fingerprint density at radius 2 is 1.79 bits per heavy atom. The summed E-state index contributed by atoms with van der Waals surface area (Å²) in [6.07, 6.45) is 1.97. The van der Waals surface area contributed by atoms with Crippen LogP contribution in [-0.2, 0) is 15.6 Å². The van der Waals surface area contributed by atoms with Crippen LogP contribution in [-0.4, -0.2) is 31.8 Å². The molecule has 10 heteroatoms. The Balaban J connectivity index is 1.97.